The highest BCUT2D eigenvalue weighted by molar-refractivity contribution is 9.11. The van der Waals surface area contributed by atoms with Gasteiger partial charge in [-0.1, -0.05) is 18.5 Å². The first-order valence-corrected chi connectivity index (χ1v) is 8.75. The number of halogens is 2. The summed E-state index contributed by atoms with van der Waals surface area (Å²) in [7, 11) is 0. The summed E-state index contributed by atoms with van der Waals surface area (Å²) in [5, 5.41) is 8.83. The van der Waals surface area contributed by atoms with Gasteiger partial charge in [-0.05, 0) is 48.5 Å². The van der Waals surface area contributed by atoms with Crippen LogP contribution >= 0.6 is 38.9 Å². The van der Waals surface area contributed by atoms with Gasteiger partial charge in [0, 0.05) is 23.9 Å². The fourth-order valence-electron chi connectivity index (χ4n) is 2.29. The first-order valence-electron chi connectivity index (χ1n) is 6.77. The molecular weight excluding hydrogens is 358 g/mol. The van der Waals surface area contributed by atoms with E-state index < -0.39 is 0 Å². The van der Waals surface area contributed by atoms with Gasteiger partial charge in [-0.3, -0.25) is 4.68 Å². The molecule has 0 saturated carbocycles. The van der Waals surface area contributed by atoms with Gasteiger partial charge in [0.2, 0.25) is 0 Å². The van der Waals surface area contributed by atoms with Gasteiger partial charge in [0.25, 0.3) is 0 Å². The Kier molecular flexibility index (Phi) is 5.66. The molecule has 2 aromatic heterocycles. The molecule has 1 unspecified atom stereocenters. The van der Waals surface area contributed by atoms with Crippen molar-refractivity contribution in [3.8, 4) is 0 Å². The fourth-order valence-corrected chi connectivity index (χ4v) is 4.00. The van der Waals surface area contributed by atoms with Crippen LogP contribution in [0.15, 0.2) is 15.9 Å². The van der Waals surface area contributed by atoms with E-state index in [9.17, 15) is 0 Å². The number of rotatable bonds is 6. The predicted molar refractivity (Wildman–Crippen MR) is 89.8 cm³/mol. The Morgan fingerprint density at radius 2 is 2.20 bits per heavy atom. The monoisotopic (exact) mass is 375 g/mol. The van der Waals surface area contributed by atoms with Crippen LogP contribution < -0.4 is 5.32 Å². The Morgan fingerprint density at radius 1 is 1.45 bits per heavy atom. The maximum Gasteiger partial charge on any atom is 0.0847 e. The summed E-state index contributed by atoms with van der Waals surface area (Å²) in [6.07, 6.45) is 0.855. The Morgan fingerprint density at radius 3 is 2.75 bits per heavy atom. The van der Waals surface area contributed by atoms with Gasteiger partial charge in [0.1, 0.15) is 0 Å². The molecule has 6 heteroatoms. The summed E-state index contributed by atoms with van der Waals surface area (Å²) in [4.78, 5) is 1.32. The lowest BCUT2D eigenvalue weighted by atomic mass is 10.1. The minimum atomic E-state index is 0.273. The van der Waals surface area contributed by atoms with Crippen molar-refractivity contribution in [2.75, 3.05) is 6.54 Å². The van der Waals surface area contributed by atoms with E-state index in [2.05, 4.69) is 52.3 Å². The molecule has 0 aromatic carbocycles. The van der Waals surface area contributed by atoms with Crippen molar-refractivity contribution < 1.29 is 0 Å². The van der Waals surface area contributed by atoms with Crippen molar-refractivity contribution in [2.45, 2.75) is 39.8 Å². The normalized spacial score (nSPS) is 12.8. The standard InChI is InChI=1S/C14H19BrClN3S/c1-4-17-10(12-6-7-13(15)20-12)8-11-14(16)9(3)18-19(11)5-2/h6-7,10,17H,4-5,8H2,1-3H3. The van der Waals surface area contributed by atoms with Crippen LogP contribution in [0.25, 0.3) is 0 Å². The molecule has 1 atom stereocenters. The third kappa shape index (κ3) is 3.45. The van der Waals surface area contributed by atoms with E-state index in [1.165, 1.54) is 4.88 Å². The molecule has 0 aliphatic heterocycles. The molecule has 0 aliphatic carbocycles. The van der Waals surface area contributed by atoms with Gasteiger partial charge in [-0.25, -0.2) is 0 Å². The van der Waals surface area contributed by atoms with Crippen LogP contribution in [0.3, 0.4) is 0 Å². The van der Waals surface area contributed by atoms with Crippen LogP contribution in [0, 0.1) is 6.92 Å². The average Bonchev–Trinajstić information content (AvgIpc) is 2.96. The third-order valence-corrected chi connectivity index (χ3v) is 5.47. The van der Waals surface area contributed by atoms with Crippen molar-refractivity contribution in [2.24, 2.45) is 0 Å². The fraction of sp³-hybridized carbons (Fsp3) is 0.500. The molecule has 2 rings (SSSR count). The topological polar surface area (TPSA) is 29.9 Å². The SMILES string of the molecule is CCNC(Cc1c(Cl)c(C)nn1CC)c1ccc(Br)s1. The number of aryl methyl sites for hydroxylation is 2. The van der Waals surface area contributed by atoms with Crippen LogP contribution in [0.1, 0.15) is 36.2 Å². The second-order valence-corrected chi connectivity index (χ2v) is 7.49. The molecule has 0 bridgehead atoms. The zero-order valence-corrected chi connectivity index (χ0v) is 15.1. The lowest BCUT2D eigenvalue weighted by Gasteiger charge is -2.17. The number of likely N-dealkylation sites (N-methyl/N-ethyl adjacent to an activating group) is 1. The van der Waals surface area contributed by atoms with Crippen LogP contribution in [-0.2, 0) is 13.0 Å². The Labute approximate surface area is 137 Å². The molecule has 110 valence electrons. The summed E-state index contributed by atoms with van der Waals surface area (Å²) >= 11 is 11.7. The first kappa shape index (κ1) is 16.0. The molecule has 3 nitrogen and oxygen atoms in total. The van der Waals surface area contributed by atoms with Crippen LogP contribution in [0.5, 0.6) is 0 Å². The average molecular weight is 377 g/mol. The Hall–Kier alpha value is -0.360. The minimum absolute atomic E-state index is 0.273. The molecule has 0 aliphatic rings. The van der Waals surface area contributed by atoms with E-state index in [1.54, 1.807) is 11.3 Å². The molecule has 0 radical (unpaired) electrons. The lowest BCUT2D eigenvalue weighted by Crippen LogP contribution is -2.23. The van der Waals surface area contributed by atoms with E-state index in [4.69, 9.17) is 11.6 Å². The summed E-state index contributed by atoms with van der Waals surface area (Å²) < 4.78 is 3.16. The zero-order chi connectivity index (χ0) is 14.7. The van der Waals surface area contributed by atoms with Gasteiger partial charge in [0.15, 0.2) is 0 Å². The molecule has 2 heterocycles. The number of thiophene rings is 1. The molecule has 20 heavy (non-hydrogen) atoms. The molecule has 0 amide bonds. The second kappa shape index (κ2) is 7.07. The van der Waals surface area contributed by atoms with E-state index >= 15 is 0 Å². The van der Waals surface area contributed by atoms with Crippen molar-refractivity contribution in [1.82, 2.24) is 15.1 Å². The smallest absolute Gasteiger partial charge is 0.0847 e. The van der Waals surface area contributed by atoms with Crippen LogP contribution in [-0.4, -0.2) is 16.3 Å². The van der Waals surface area contributed by atoms with Crippen molar-refractivity contribution in [3.63, 3.8) is 0 Å². The quantitative estimate of drug-likeness (QED) is 0.799. The Balaban J connectivity index is 2.28. The van der Waals surface area contributed by atoms with Crippen LogP contribution in [0.4, 0.5) is 0 Å². The minimum Gasteiger partial charge on any atom is -0.309 e. The number of hydrogen-bond donors (Lipinski definition) is 1. The zero-order valence-electron chi connectivity index (χ0n) is 11.9. The lowest BCUT2D eigenvalue weighted by molar-refractivity contribution is 0.522. The summed E-state index contributed by atoms with van der Waals surface area (Å²) in [5.41, 5.74) is 2.02. The molecular formula is C14H19BrClN3S. The third-order valence-electron chi connectivity index (χ3n) is 3.24. The van der Waals surface area contributed by atoms with E-state index in [-0.39, 0.29) is 6.04 Å². The number of nitrogens with one attached hydrogen (secondary N) is 1. The van der Waals surface area contributed by atoms with E-state index in [1.807, 2.05) is 11.6 Å². The van der Waals surface area contributed by atoms with Gasteiger partial charge in [0.05, 0.1) is 20.2 Å². The molecule has 1 N–H and O–H groups in total. The predicted octanol–water partition coefficient (Wildman–Crippen LogP) is 4.58. The van der Waals surface area contributed by atoms with Gasteiger partial charge >= 0.3 is 0 Å². The number of hydrogen-bond acceptors (Lipinski definition) is 3. The molecule has 0 fully saturated rings. The molecule has 0 spiro atoms. The largest absolute Gasteiger partial charge is 0.309 e. The number of aromatic nitrogens is 2. The van der Waals surface area contributed by atoms with Gasteiger partial charge in [-0.2, -0.15) is 5.10 Å². The number of nitrogens with zero attached hydrogens (tertiary/aromatic N) is 2. The Bertz CT molecular complexity index is 579. The molecule has 2 aromatic rings. The highest BCUT2D eigenvalue weighted by Crippen LogP contribution is 2.31. The van der Waals surface area contributed by atoms with E-state index in [0.717, 1.165) is 39.7 Å². The maximum absolute atomic E-state index is 6.41. The van der Waals surface area contributed by atoms with Crippen LogP contribution in [0.2, 0.25) is 5.02 Å². The van der Waals surface area contributed by atoms with E-state index in [0.29, 0.717) is 0 Å². The van der Waals surface area contributed by atoms with Crippen molar-refractivity contribution in [1.29, 1.82) is 0 Å². The molecule has 0 saturated heterocycles. The first-order chi connectivity index (χ1) is 9.56. The van der Waals surface area contributed by atoms with Gasteiger partial charge in [-0.15, -0.1) is 11.3 Å². The summed E-state index contributed by atoms with van der Waals surface area (Å²) in [6.45, 7) is 7.95. The maximum atomic E-state index is 6.41. The second-order valence-electron chi connectivity index (χ2n) is 4.62. The van der Waals surface area contributed by atoms with Crippen molar-refractivity contribution >= 4 is 38.9 Å². The summed E-state index contributed by atoms with van der Waals surface area (Å²) in [5.74, 6) is 0. The summed E-state index contributed by atoms with van der Waals surface area (Å²) in [6, 6.07) is 4.53. The highest BCUT2D eigenvalue weighted by Gasteiger charge is 2.19. The van der Waals surface area contributed by atoms with Crippen molar-refractivity contribution in [3.05, 3.63) is 37.2 Å². The highest BCUT2D eigenvalue weighted by atomic mass is 79.9. The van der Waals surface area contributed by atoms with Gasteiger partial charge < -0.3 is 5.32 Å².